The van der Waals surface area contributed by atoms with Crippen LogP contribution in [0.4, 0.5) is 15.0 Å². The van der Waals surface area contributed by atoms with Crippen molar-refractivity contribution in [1.82, 2.24) is 24.8 Å². The average Bonchev–Trinajstić information content (AvgIpc) is 3.05. The van der Waals surface area contributed by atoms with Crippen LogP contribution in [0.3, 0.4) is 0 Å². The van der Waals surface area contributed by atoms with Gasteiger partial charge in [0.25, 0.3) is 5.91 Å². The number of anilines is 1. The minimum atomic E-state index is -0.576. The second-order valence-corrected chi connectivity index (χ2v) is 13.6. The number of pyridine rings is 1. The van der Waals surface area contributed by atoms with Crippen molar-refractivity contribution in [2.24, 2.45) is 0 Å². The van der Waals surface area contributed by atoms with E-state index in [9.17, 15) is 14.0 Å². The summed E-state index contributed by atoms with van der Waals surface area (Å²) in [7, 11) is 0. The second-order valence-electron chi connectivity index (χ2n) is 13.6. The van der Waals surface area contributed by atoms with E-state index >= 15 is 0 Å². The monoisotopic (exact) mass is 662 g/mol. The molecule has 1 aromatic carbocycles. The molecule has 0 saturated carbocycles. The van der Waals surface area contributed by atoms with Crippen LogP contribution in [0.1, 0.15) is 69.1 Å². The molecule has 2 aromatic heterocycles. The third-order valence-corrected chi connectivity index (χ3v) is 8.71. The minimum Gasteiger partial charge on any atom is -0.490 e. The normalized spacial score (nSPS) is 20.2. The van der Waals surface area contributed by atoms with Gasteiger partial charge in [-0.15, -0.1) is 0 Å². The van der Waals surface area contributed by atoms with E-state index in [4.69, 9.17) is 18.9 Å². The lowest BCUT2D eigenvalue weighted by Gasteiger charge is -2.39. The highest BCUT2D eigenvalue weighted by Gasteiger charge is 2.33. The van der Waals surface area contributed by atoms with E-state index in [1.165, 1.54) is 24.5 Å². The summed E-state index contributed by atoms with van der Waals surface area (Å²) in [4.78, 5) is 45.2. The average molecular weight is 663 g/mol. The van der Waals surface area contributed by atoms with Gasteiger partial charge >= 0.3 is 6.09 Å². The summed E-state index contributed by atoms with van der Waals surface area (Å²) in [6, 6.07) is 5.48. The summed E-state index contributed by atoms with van der Waals surface area (Å²) < 4.78 is 38.4. The van der Waals surface area contributed by atoms with Gasteiger partial charge in [0.05, 0.1) is 49.3 Å². The minimum absolute atomic E-state index is 0.0605. The molecule has 13 heteroatoms. The number of morpholine rings is 1. The zero-order valence-electron chi connectivity index (χ0n) is 28.1. The number of rotatable bonds is 6. The van der Waals surface area contributed by atoms with Crippen molar-refractivity contribution in [3.05, 3.63) is 65.6 Å². The van der Waals surface area contributed by atoms with Gasteiger partial charge in [-0.05, 0) is 58.9 Å². The van der Waals surface area contributed by atoms with Crippen molar-refractivity contribution >= 4 is 17.8 Å². The number of hydrogen-bond donors (Lipinski definition) is 0. The molecular weight excluding hydrogens is 619 g/mol. The molecule has 6 rings (SSSR count). The Hall–Kier alpha value is -4.52. The number of nitrogens with zero attached hydrogens (tertiary/aromatic N) is 6. The van der Waals surface area contributed by atoms with E-state index in [0.29, 0.717) is 70.2 Å². The first-order valence-corrected chi connectivity index (χ1v) is 16.5. The molecule has 2 saturated heterocycles. The predicted molar refractivity (Wildman–Crippen MR) is 175 cm³/mol. The first kappa shape index (κ1) is 33.4. The Morgan fingerprint density at radius 3 is 2.46 bits per heavy atom. The van der Waals surface area contributed by atoms with E-state index in [-0.39, 0.29) is 41.5 Å². The quantitative estimate of drug-likeness (QED) is 0.340. The predicted octanol–water partition coefficient (Wildman–Crippen LogP) is 5.39. The molecule has 3 aliphatic rings. The molecule has 2 fully saturated rings. The van der Waals surface area contributed by atoms with Crippen molar-refractivity contribution < 1.29 is 32.9 Å². The van der Waals surface area contributed by atoms with Gasteiger partial charge in [0.2, 0.25) is 0 Å². The van der Waals surface area contributed by atoms with Crippen LogP contribution in [-0.4, -0.2) is 93.4 Å². The smallest absolute Gasteiger partial charge is 0.410 e. The van der Waals surface area contributed by atoms with Crippen LogP contribution in [0, 0.1) is 5.82 Å². The Morgan fingerprint density at radius 2 is 1.73 bits per heavy atom. The maximum absolute atomic E-state index is 14.5. The SMILES string of the molecule is C[C@@H]1COC[C@@H](C)N1C(=O)c1cc(F)ccc1Oc1cncnc1N1CCC(Oc2ccnc3c2CN(C(=O)OC(C)(C)C)CC3)CC1. The maximum atomic E-state index is 14.5. The van der Waals surface area contributed by atoms with Gasteiger partial charge < -0.3 is 33.6 Å². The number of fused-ring (bicyclic) bond motifs is 1. The van der Waals surface area contributed by atoms with Gasteiger partial charge in [0.1, 0.15) is 35.3 Å². The molecule has 2 atom stereocenters. The summed E-state index contributed by atoms with van der Waals surface area (Å²) in [6.45, 7) is 12.4. The fraction of sp³-hybridized carbons (Fsp3) is 0.514. The van der Waals surface area contributed by atoms with Crippen molar-refractivity contribution in [3.63, 3.8) is 0 Å². The lowest BCUT2D eigenvalue weighted by molar-refractivity contribution is -0.0250. The molecular formula is C35H43FN6O6. The molecule has 5 heterocycles. The Balaban J connectivity index is 1.13. The number of ether oxygens (including phenoxy) is 4. The highest BCUT2D eigenvalue weighted by atomic mass is 19.1. The molecule has 0 bridgehead atoms. The third kappa shape index (κ3) is 7.46. The lowest BCUT2D eigenvalue weighted by Crippen LogP contribution is -2.52. The number of benzene rings is 1. The maximum Gasteiger partial charge on any atom is 0.410 e. The zero-order chi connectivity index (χ0) is 34.0. The largest absolute Gasteiger partial charge is 0.490 e. The first-order chi connectivity index (χ1) is 23.0. The van der Waals surface area contributed by atoms with Crippen molar-refractivity contribution in [2.75, 3.05) is 37.7 Å². The molecule has 0 aliphatic carbocycles. The lowest BCUT2D eigenvalue weighted by atomic mass is 10.0. The van der Waals surface area contributed by atoms with Crippen LogP contribution in [0.2, 0.25) is 0 Å². The molecule has 3 aromatic rings. The topological polar surface area (TPSA) is 119 Å². The summed E-state index contributed by atoms with van der Waals surface area (Å²) in [6.07, 6.45) is 6.42. The first-order valence-electron chi connectivity index (χ1n) is 16.5. The molecule has 0 spiro atoms. The molecule has 3 aliphatic heterocycles. The number of piperidine rings is 1. The number of halogens is 1. The van der Waals surface area contributed by atoms with Gasteiger partial charge in [-0.1, -0.05) is 0 Å². The zero-order valence-corrected chi connectivity index (χ0v) is 28.1. The Bertz CT molecular complexity index is 1630. The highest BCUT2D eigenvalue weighted by Crippen LogP contribution is 2.36. The Kier molecular flexibility index (Phi) is 9.68. The number of carbonyl (C=O) groups excluding carboxylic acids is 2. The molecule has 0 radical (unpaired) electrons. The van der Waals surface area contributed by atoms with Gasteiger partial charge in [0.15, 0.2) is 11.6 Å². The van der Waals surface area contributed by atoms with E-state index < -0.39 is 11.4 Å². The highest BCUT2D eigenvalue weighted by molar-refractivity contribution is 5.97. The number of aromatic nitrogens is 3. The standard InChI is InChI=1S/C35H43FN6O6/c1-22-19-45-20-23(2)42(22)33(43)26-16-24(36)6-7-29(26)47-31-17-37-21-39-32(31)40-13-9-25(10-14-40)46-30-8-12-38-28-11-15-41(18-27(28)30)34(44)48-35(3,4)5/h6-8,12,16-17,21-23,25H,9-11,13-15,18-20H2,1-5H3/t22-,23-/m1/s1. The van der Waals surface area contributed by atoms with Gasteiger partial charge in [-0.2, -0.15) is 0 Å². The molecule has 12 nitrogen and oxygen atoms in total. The van der Waals surface area contributed by atoms with Gasteiger partial charge in [-0.3, -0.25) is 9.78 Å². The second kappa shape index (κ2) is 13.9. The van der Waals surface area contributed by atoms with Crippen molar-refractivity contribution in [2.45, 2.75) is 84.2 Å². The van der Waals surface area contributed by atoms with E-state index in [1.54, 1.807) is 22.2 Å². The third-order valence-electron chi connectivity index (χ3n) is 8.71. The van der Waals surface area contributed by atoms with E-state index in [1.807, 2.05) is 40.7 Å². The molecule has 0 N–H and O–H groups in total. The van der Waals surface area contributed by atoms with Crippen LogP contribution in [-0.2, 0) is 22.4 Å². The van der Waals surface area contributed by atoms with Crippen molar-refractivity contribution in [3.8, 4) is 17.2 Å². The van der Waals surface area contributed by atoms with Gasteiger partial charge in [0, 0.05) is 50.7 Å². The van der Waals surface area contributed by atoms with E-state index in [2.05, 4.69) is 19.9 Å². The van der Waals surface area contributed by atoms with Crippen LogP contribution >= 0.6 is 0 Å². The number of hydrogen-bond acceptors (Lipinski definition) is 10. The molecule has 0 unspecified atom stereocenters. The summed E-state index contributed by atoms with van der Waals surface area (Å²) >= 11 is 0. The molecule has 48 heavy (non-hydrogen) atoms. The van der Waals surface area contributed by atoms with Crippen LogP contribution in [0.5, 0.6) is 17.2 Å². The van der Waals surface area contributed by atoms with Crippen molar-refractivity contribution in [1.29, 1.82) is 0 Å². The summed E-state index contributed by atoms with van der Waals surface area (Å²) in [5.74, 6) is 1.05. The van der Waals surface area contributed by atoms with Crippen LogP contribution in [0.25, 0.3) is 0 Å². The molecule has 256 valence electrons. The molecule has 2 amide bonds. The number of amides is 2. The van der Waals surface area contributed by atoms with Crippen LogP contribution < -0.4 is 14.4 Å². The fourth-order valence-electron chi connectivity index (χ4n) is 6.41. The summed E-state index contributed by atoms with van der Waals surface area (Å²) in [5, 5.41) is 0. The summed E-state index contributed by atoms with van der Waals surface area (Å²) in [5.41, 5.74) is 1.40. The number of carbonyl (C=O) groups is 2. The van der Waals surface area contributed by atoms with E-state index in [0.717, 1.165) is 17.0 Å². The Morgan fingerprint density at radius 1 is 0.979 bits per heavy atom. The Labute approximate surface area is 280 Å². The van der Waals surface area contributed by atoms with Crippen LogP contribution in [0.15, 0.2) is 43.0 Å². The fourth-order valence-corrected chi connectivity index (χ4v) is 6.41. The van der Waals surface area contributed by atoms with Gasteiger partial charge in [-0.25, -0.2) is 19.2 Å².